The lowest BCUT2D eigenvalue weighted by Crippen LogP contribution is -2.15. The third-order valence-electron chi connectivity index (χ3n) is 2.11. The summed E-state index contributed by atoms with van der Waals surface area (Å²) < 4.78 is 40.0. The Morgan fingerprint density at radius 2 is 2.10 bits per heavy atom. The molecule has 1 rings (SSSR count). The Balaban J connectivity index is 3.35. The number of esters is 1. The molecule has 9 heteroatoms. The molecule has 0 bridgehead atoms. The number of hydrogen-bond acceptors (Lipinski definition) is 5. The van der Waals surface area contributed by atoms with E-state index in [0.29, 0.717) is 7.14 Å². The number of nitrogens with two attached hydrogens (primary N) is 1. The number of benzene rings is 1. The van der Waals surface area contributed by atoms with Crippen LogP contribution in [0.5, 0.6) is 11.5 Å². The van der Waals surface area contributed by atoms with E-state index in [-0.39, 0.29) is 30.2 Å². The number of methoxy groups -OCH3 is 1. The van der Waals surface area contributed by atoms with Gasteiger partial charge in [0.2, 0.25) is 0 Å². The topological polar surface area (TPSA) is 70.8 Å². The van der Waals surface area contributed by atoms with Gasteiger partial charge in [-0.15, -0.1) is 0 Å². The molecule has 0 fully saturated rings. The zero-order chi connectivity index (χ0) is 15.3. The molecule has 0 atom stereocenters. The number of ether oxygens (including phenoxy) is 3. The van der Waals surface area contributed by atoms with Crippen LogP contribution in [-0.2, 0) is 4.74 Å². The Kier molecular flexibility index (Phi) is 7.15. The lowest BCUT2D eigenvalue weighted by atomic mass is 10.2. The summed E-state index contributed by atoms with van der Waals surface area (Å²) in [6.45, 7) is -2.69. The molecular weight excluding hydrogens is 502 g/mol. The van der Waals surface area contributed by atoms with Gasteiger partial charge >= 0.3 is 12.6 Å². The van der Waals surface area contributed by atoms with Gasteiger partial charge in [0.05, 0.1) is 16.2 Å². The van der Waals surface area contributed by atoms with Crippen molar-refractivity contribution in [3.05, 3.63) is 18.8 Å². The van der Waals surface area contributed by atoms with Gasteiger partial charge in [0.1, 0.15) is 6.61 Å². The molecule has 5 nitrogen and oxygen atoms in total. The number of hydrogen-bond donors (Lipinski definition) is 1. The van der Waals surface area contributed by atoms with Crippen LogP contribution in [0.25, 0.3) is 0 Å². The molecule has 0 amide bonds. The predicted molar refractivity (Wildman–Crippen MR) is 84.4 cm³/mol. The highest BCUT2D eigenvalue weighted by molar-refractivity contribution is 14.1. The zero-order valence-electron chi connectivity index (χ0n) is 10.3. The Hall–Kier alpha value is -0.430. The quantitative estimate of drug-likeness (QED) is 0.469. The summed E-state index contributed by atoms with van der Waals surface area (Å²) in [4.78, 5) is 11.7. The number of carbonyl (C=O) groups excluding carboxylic acids is 1. The van der Waals surface area contributed by atoms with Gasteiger partial charge < -0.3 is 19.9 Å². The highest BCUT2D eigenvalue weighted by atomic mass is 127. The Morgan fingerprint density at radius 1 is 1.45 bits per heavy atom. The van der Waals surface area contributed by atoms with E-state index in [1.54, 1.807) is 0 Å². The molecule has 0 aliphatic rings. The van der Waals surface area contributed by atoms with Crippen LogP contribution in [0.1, 0.15) is 10.4 Å². The van der Waals surface area contributed by atoms with Crippen LogP contribution >= 0.6 is 45.2 Å². The van der Waals surface area contributed by atoms with Crippen LogP contribution in [0, 0.1) is 7.14 Å². The highest BCUT2D eigenvalue weighted by Crippen LogP contribution is 2.38. The largest absolute Gasteiger partial charge is 0.487 e. The molecule has 0 aliphatic carbocycles. The van der Waals surface area contributed by atoms with Gasteiger partial charge in [-0.25, -0.2) is 4.79 Å². The SMILES string of the molecule is COC(=O)c1c(I)cc(OC(F)F)c(OCCN)c1I. The maximum Gasteiger partial charge on any atom is 0.387 e. The summed E-state index contributed by atoms with van der Waals surface area (Å²) in [5, 5.41) is 0. The first-order chi connectivity index (χ1) is 9.42. The molecule has 0 unspecified atom stereocenters. The number of rotatable bonds is 6. The molecule has 0 radical (unpaired) electrons. The third-order valence-corrected chi connectivity index (χ3v) is 3.99. The van der Waals surface area contributed by atoms with Crippen molar-refractivity contribution in [2.45, 2.75) is 6.61 Å². The maximum absolute atomic E-state index is 12.4. The van der Waals surface area contributed by atoms with Crippen molar-refractivity contribution in [1.29, 1.82) is 0 Å². The molecule has 1 aromatic carbocycles. The van der Waals surface area contributed by atoms with Crippen molar-refractivity contribution in [2.75, 3.05) is 20.3 Å². The van der Waals surface area contributed by atoms with Crippen LogP contribution < -0.4 is 15.2 Å². The second kappa shape index (κ2) is 8.12. The van der Waals surface area contributed by atoms with Gasteiger partial charge in [0, 0.05) is 10.1 Å². The number of alkyl halides is 2. The highest BCUT2D eigenvalue weighted by Gasteiger charge is 2.24. The van der Waals surface area contributed by atoms with Crippen LogP contribution in [0.4, 0.5) is 8.78 Å². The molecular formula is C11H11F2I2NO4. The normalized spacial score (nSPS) is 10.6. The van der Waals surface area contributed by atoms with Gasteiger partial charge in [-0.3, -0.25) is 0 Å². The van der Waals surface area contributed by atoms with E-state index in [1.807, 2.05) is 45.2 Å². The van der Waals surface area contributed by atoms with Gasteiger partial charge in [-0.2, -0.15) is 8.78 Å². The first-order valence-electron chi connectivity index (χ1n) is 5.30. The Bertz CT molecular complexity index is 500. The summed E-state index contributed by atoms with van der Waals surface area (Å²) in [5.41, 5.74) is 5.56. The lowest BCUT2D eigenvalue weighted by molar-refractivity contribution is -0.0515. The lowest BCUT2D eigenvalue weighted by Gasteiger charge is -2.16. The summed E-state index contributed by atoms with van der Waals surface area (Å²) in [5.74, 6) is -0.674. The standard InChI is InChI=1S/C11H11F2I2NO4/c1-18-10(17)7-5(14)4-6(20-11(12)13)9(8(7)15)19-3-2-16/h4,11H,2-3,16H2,1H3. The second-order valence-electron chi connectivity index (χ2n) is 3.38. The van der Waals surface area contributed by atoms with Crippen LogP contribution in [0.15, 0.2) is 6.07 Å². The molecule has 0 aromatic heterocycles. The average molecular weight is 513 g/mol. The van der Waals surface area contributed by atoms with Crippen LogP contribution in [0.3, 0.4) is 0 Å². The Morgan fingerprint density at radius 3 is 2.60 bits per heavy atom. The first-order valence-corrected chi connectivity index (χ1v) is 7.46. The van der Waals surface area contributed by atoms with E-state index in [4.69, 9.17) is 10.5 Å². The minimum absolute atomic E-state index is 0.0529. The molecule has 1 aromatic rings. The van der Waals surface area contributed by atoms with Crippen molar-refractivity contribution >= 4 is 51.2 Å². The van der Waals surface area contributed by atoms with E-state index >= 15 is 0 Å². The van der Waals surface area contributed by atoms with Crippen molar-refractivity contribution in [2.24, 2.45) is 5.73 Å². The second-order valence-corrected chi connectivity index (χ2v) is 5.62. The van der Waals surface area contributed by atoms with Gasteiger partial charge in [-0.05, 0) is 51.2 Å². The fourth-order valence-corrected chi connectivity index (χ4v) is 3.57. The summed E-state index contributed by atoms with van der Waals surface area (Å²) in [7, 11) is 1.23. The summed E-state index contributed by atoms with van der Waals surface area (Å²) in [6.07, 6.45) is 0. The maximum atomic E-state index is 12.4. The fraction of sp³-hybridized carbons (Fsp3) is 0.364. The number of halogens is 4. The van der Waals surface area contributed by atoms with E-state index in [9.17, 15) is 13.6 Å². The van der Waals surface area contributed by atoms with E-state index in [2.05, 4.69) is 9.47 Å². The third kappa shape index (κ3) is 4.28. The van der Waals surface area contributed by atoms with E-state index in [0.717, 1.165) is 0 Å². The summed E-state index contributed by atoms with van der Waals surface area (Å²) >= 11 is 3.66. The molecule has 2 N–H and O–H groups in total. The Labute approximate surface area is 141 Å². The van der Waals surface area contributed by atoms with Crippen LogP contribution in [0.2, 0.25) is 0 Å². The van der Waals surface area contributed by atoms with Crippen molar-refractivity contribution in [3.63, 3.8) is 0 Å². The number of carbonyl (C=O) groups is 1. The average Bonchev–Trinajstić information content (AvgIpc) is 2.37. The minimum atomic E-state index is -2.99. The van der Waals surface area contributed by atoms with Crippen molar-refractivity contribution in [3.8, 4) is 11.5 Å². The minimum Gasteiger partial charge on any atom is -0.487 e. The van der Waals surface area contributed by atoms with Crippen molar-refractivity contribution < 1.29 is 27.8 Å². The zero-order valence-corrected chi connectivity index (χ0v) is 14.6. The molecule has 0 heterocycles. The predicted octanol–water partition coefficient (Wildman–Crippen LogP) is 2.62. The first kappa shape index (κ1) is 17.6. The fourth-order valence-electron chi connectivity index (χ4n) is 1.35. The van der Waals surface area contributed by atoms with Gasteiger partial charge in [0.15, 0.2) is 11.5 Å². The molecule has 112 valence electrons. The van der Waals surface area contributed by atoms with E-state index in [1.165, 1.54) is 13.2 Å². The van der Waals surface area contributed by atoms with Crippen LogP contribution in [-0.4, -0.2) is 32.8 Å². The molecule has 0 saturated carbocycles. The smallest absolute Gasteiger partial charge is 0.387 e. The van der Waals surface area contributed by atoms with E-state index < -0.39 is 12.6 Å². The molecule has 0 aliphatic heterocycles. The van der Waals surface area contributed by atoms with Gasteiger partial charge in [-0.1, -0.05) is 0 Å². The monoisotopic (exact) mass is 513 g/mol. The van der Waals surface area contributed by atoms with Crippen molar-refractivity contribution in [1.82, 2.24) is 0 Å². The molecule has 20 heavy (non-hydrogen) atoms. The summed E-state index contributed by atoms with van der Waals surface area (Å²) in [6, 6.07) is 1.30. The van der Waals surface area contributed by atoms with Gasteiger partial charge in [0.25, 0.3) is 0 Å². The molecule has 0 saturated heterocycles. The molecule has 0 spiro atoms.